The van der Waals surface area contributed by atoms with Crippen LogP contribution in [0.2, 0.25) is 0 Å². The van der Waals surface area contributed by atoms with Crippen molar-refractivity contribution in [2.75, 3.05) is 18.8 Å². The average Bonchev–Trinajstić information content (AvgIpc) is 3.12. The van der Waals surface area contributed by atoms with E-state index in [4.69, 9.17) is 0 Å². The Labute approximate surface area is 178 Å². The summed E-state index contributed by atoms with van der Waals surface area (Å²) in [4.78, 5) is 39.5. The SMILES string of the molecule is CCN1CCSC1=NNC(=O)C(=O)[C@H](CC(C)C)NC(=O)C1CCCCC1.Cl. The number of amidine groups is 1. The van der Waals surface area contributed by atoms with E-state index in [2.05, 4.69) is 15.8 Å². The van der Waals surface area contributed by atoms with Crippen LogP contribution in [0.15, 0.2) is 5.10 Å². The lowest BCUT2D eigenvalue weighted by Gasteiger charge is -2.25. The molecule has 0 aromatic heterocycles. The first-order valence-corrected chi connectivity index (χ1v) is 11.0. The van der Waals surface area contributed by atoms with Crippen LogP contribution in [0.1, 0.15) is 59.3 Å². The molecule has 2 fully saturated rings. The molecular weight excluding hydrogens is 400 g/mol. The molecule has 1 aliphatic carbocycles. The molecule has 2 aliphatic rings. The fourth-order valence-electron chi connectivity index (χ4n) is 3.50. The quantitative estimate of drug-likeness (QED) is 0.454. The first kappa shape index (κ1) is 24.8. The number of hydrogen-bond donors (Lipinski definition) is 2. The van der Waals surface area contributed by atoms with E-state index >= 15 is 0 Å². The van der Waals surface area contributed by atoms with Gasteiger partial charge in [0.25, 0.3) is 0 Å². The summed E-state index contributed by atoms with van der Waals surface area (Å²) in [6.45, 7) is 7.66. The van der Waals surface area contributed by atoms with Gasteiger partial charge in [-0.15, -0.1) is 17.5 Å². The minimum Gasteiger partial charge on any atom is -0.349 e. The summed E-state index contributed by atoms with van der Waals surface area (Å²) in [6, 6.07) is -0.793. The average molecular weight is 433 g/mol. The van der Waals surface area contributed by atoms with Crippen LogP contribution in [0.4, 0.5) is 0 Å². The van der Waals surface area contributed by atoms with Gasteiger partial charge in [-0.05, 0) is 32.1 Å². The van der Waals surface area contributed by atoms with Crippen molar-refractivity contribution in [3.63, 3.8) is 0 Å². The summed E-state index contributed by atoms with van der Waals surface area (Å²) in [5.74, 6) is -0.423. The van der Waals surface area contributed by atoms with E-state index in [9.17, 15) is 14.4 Å². The number of amides is 2. The Morgan fingerprint density at radius 2 is 1.89 bits per heavy atom. The van der Waals surface area contributed by atoms with E-state index in [1.165, 1.54) is 0 Å². The van der Waals surface area contributed by atoms with Crippen molar-refractivity contribution in [1.82, 2.24) is 15.6 Å². The van der Waals surface area contributed by atoms with Crippen LogP contribution in [0, 0.1) is 11.8 Å². The second-order valence-corrected chi connectivity index (χ2v) is 8.72. The molecule has 1 saturated carbocycles. The van der Waals surface area contributed by atoms with Crippen LogP contribution in [0.25, 0.3) is 0 Å². The topological polar surface area (TPSA) is 90.9 Å². The third kappa shape index (κ3) is 7.28. The highest BCUT2D eigenvalue weighted by Crippen LogP contribution is 2.24. The second kappa shape index (κ2) is 12.3. The van der Waals surface area contributed by atoms with E-state index < -0.39 is 17.7 Å². The van der Waals surface area contributed by atoms with E-state index in [0.717, 1.165) is 56.1 Å². The van der Waals surface area contributed by atoms with Gasteiger partial charge in [-0.25, -0.2) is 5.43 Å². The van der Waals surface area contributed by atoms with Crippen molar-refractivity contribution in [1.29, 1.82) is 0 Å². The Hall–Kier alpha value is -1.28. The van der Waals surface area contributed by atoms with Gasteiger partial charge in [0.2, 0.25) is 11.7 Å². The molecule has 1 saturated heterocycles. The van der Waals surface area contributed by atoms with Crippen LogP contribution in [0.5, 0.6) is 0 Å². The fourth-order valence-corrected chi connectivity index (χ4v) is 4.51. The van der Waals surface area contributed by atoms with Gasteiger partial charge in [-0.1, -0.05) is 44.9 Å². The van der Waals surface area contributed by atoms with E-state index in [1.54, 1.807) is 11.8 Å². The third-order valence-electron chi connectivity index (χ3n) is 5.04. The Bertz CT molecular complexity index is 580. The number of carbonyl (C=O) groups is 3. The smallest absolute Gasteiger partial charge is 0.309 e. The summed E-state index contributed by atoms with van der Waals surface area (Å²) in [5.41, 5.74) is 2.38. The van der Waals surface area contributed by atoms with Gasteiger partial charge >= 0.3 is 5.91 Å². The molecule has 0 aromatic carbocycles. The lowest BCUT2D eigenvalue weighted by atomic mass is 9.88. The summed E-state index contributed by atoms with van der Waals surface area (Å²) < 4.78 is 0. The fraction of sp³-hybridized carbons (Fsp3) is 0.789. The highest BCUT2D eigenvalue weighted by atomic mass is 35.5. The van der Waals surface area contributed by atoms with Gasteiger partial charge in [0.05, 0.1) is 6.04 Å². The normalized spacial score (nSPS) is 20.0. The van der Waals surface area contributed by atoms with Gasteiger partial charge in [-0.3, -0.25) is 14.4 Å². The molecule has 0 aromatic rings. The largest absolute Gasteiger partial charge is 0.349 e. The van der Waals surface area contributed by atoms with E-state index in [-0.39, 0.29) is 30.2 Å². The highest BCUT2D eigenvalue weighted by Gasteiger charge is 2.31. The van der Waals surface area contributed by atoms with Gasteiger partial charge in [0, 0.05) is 24.8 Å². The molecule has 0 spiro atoms. The molecule has 2 amide bonds. The summed E-state index contributed by atoms with van der Waals surface area (Å²) in [6.07, 6.45) is 5.41. The Kier molecular flexibility index (Phi) is 10.9. The summed E-state index contributed by atoms with van der Waals surface area (Å²) in [5, 5.41) is 7.66. The standard InChI is InChI=1S/C19H32N4O3S.ClH/c1-4-23-10-11-27-19(23)22-21-18(26)16(24)15(12-13(2)3)20-17(25)14-8-6-5-7-9-14;/h13-15H,4-12H2,1-3H3,(H,20,25)(H,21,26);1H/t15-;/m0./s1. The van der Waals surface area contributed by atoms with Crippen LogP contribution in [-0.2, 0) is 14.4 Å². The molecule has 2 N–H and O–H groups in total. The molecule has 160 valence electrons. The molecule has 1 aliphatic heterocycles. The first-order valence-electron chi connectivity index (χ1n) is 10.0. The molecule has 1 atom stereocenters. The van der Waals surface area contributed by atoms with Gasteiger partial charge in [-0.2, -0.15) is 0 Å². The zero-order chi connectivity index (χ0) is 19.8. The van der Waals surface area contributed by atoms with Crippen molar-refractivity contribution >= 4 is 46.9 Å². The first-order chi connectivity index (χ1) is 12.9. The number of halogens is 1. The maximum Gasteiger partial charge on any atom is 0.309 e. The number of nitrogens with one attached hydrogen (secondary N) is 2. The number of nitrogens with zero attached hydrogens (tertiary/aromatic N) is 2. The Morgan fingerprint density at radius 3 is 2.50 bits per heavy atom. The minimum absolute atomic E-state index is 0. The maximum atomic E-state index is 12.6. The summed E-state index contributed by atoms with van der Waals surface area (Å²) in [7, 11) is 0. The van der Waals surface area contributed by atoms with Gasteiger partial charge in [0.15, 0.2) is 5.17 Å². The predicted octanol–water partition coefficient (Wildman–Crippen LogP) is 2.54. The molecule has 2 rings (SSSR count). The molecule has 0 radical (unpaired) electrons. The van der Waals surface area contributed by atoms with Crippen molar-refractivity contribution < 1.29 is 14.4 Å². The number of Topliss-reactive ketones (excluding diaryl/α,β-unsaturated/α-hetero) is 1. The second-order valence-electron chi connectivity index (χ2n) is 7.65. The number of rotatable bonds is 8. The van der Waals surface area contributed by atoms with Crippen molar-refractivity contribution in [2.24, 2.45) is 16.9 Å². The van der Waals surface area contributed by atoms with E-state index in [1.807, 2.05) is 25.7 Å². The van der Waals surface area contributed by atoms with Gasteiger partial charge < -0.3 is 10.2 Å². The Balaban J connectivity index is 0.00000392. The minimum atomic E-state index is -0.793. The van der Waals surface area contributed by atoms with E-state index in [0.29, 0.717) is 6.42 Å². The number of carbonyl (C=O) groups excluding carboxylic acids is 3. The third-order valence-corrected chi connectivity index (χ3v) is 6.03. The van der Waals surface area contributed by atoms with Crippen LogP contribution in [-0.4, -0.2) is 52.5 Å². The lowest BCUT2D eigenvalue weighted by molar-refractivity contribution is -0.140. The highest BCUT2D eigenvalue weighted by molar-refractivity contribution is 8.14. The molecule has 9 heteroatoms. The zero-order valence-electron chi connectivity index (χ0n) is 17.0. The van der Waals surface area contributed by atoms with Crippen molar-refractivity contribution in [3.05, 3.63) is 0 Å². The lowest BCUT2D eigenvalue weighted by Crippen LogP contribution is -2.49. The van der Waals surface area contributed by atoms with Crippen LogP contribution in [0.3, 0.4) is 0 Å². The molecular formula is C19H33ClN4O3S. The van der Waals surface area contributed by atoms with Crippen molar-refractivity contribution in [3.8, 4) is 0 Å². The summed E-state index contributed by atoms with van der Waals surface area (Å²) >= 11 is 1.56. The Morgan fingerprint density at radius 1 is 1.21 bits per heavy atom. The van der Waals surface area contributed by atoms with Crippen LogP contribution >= 0.6 is 24.2 Å². The zero-order valence-corrected chi connectivity index (χ0v) is 18.7. The maximum absolute atomic E-state index is 12.6. The van der Waals surface area contributed by atoms with Gasteiger partial charge in [0.1, 0.15) is 0 Å². The molecule has 0 unspecified atom stereocenters. The molecule has 7 nitrogen and oxygen atoms in total. The van der Waals surface area contributed by atoms with Crippen molar-refractivity contribution in [2.45, 2.75) is 65.3 Å². The predicted molar refractivity (Wildman–Crippen MR) is 115 cm³/mol. The molecule has 28 heavy (non-hydrogen) atoms. The van der Waals surface area contributed by atoms with Crippen LogP contribution < -0.4 is 10.7 Å². The number of hydrogen-bond acceptors (Lipinski definition) is 5. The number of hydrazone groups is 1. The number of thioether (sulfide) groups is 1. The molecule has 0 bridgehead atoms. The monoisotopic (exact) mass is 432 g/mol. The molecule has 1 heterocycles. The number of ketones is 1.